The molecule has 0 aliphatic carbocycles. The molecule has 20 heavy (non-hydrogen) atoms. The molecule has 96 valence electrons. The van der Waals surface area contributed by atoms with Crippen molar-refractivity contribution in [3.8, 4) is 11.4 Å². The van der Waals surface area contributed by atoms with Gasteiger partial charge in [0.25, 0.3) is 0 Å². The summed E-state index contributed by atoms with van der Waals surface area (Å²) in [5.74, 6) is 0.274. The number of benzene rings is 2. The molecule has 3 nitrogen and oxygen atoms in total. The number of phenolic OH excluding ortho intramolecular Hbond substituents is 1. The first-order valence-corrected chi connectivity index (χ1v) is 6.47. The van der Waals surface area contributed by atoms with Crippen LogP contribution in [0.15, 0.2) is 67.0 Å². The van der Waals surface area contributed by atoms with Crippen LogP contribution in [0.3, 0.4) is 0 Å². The van der Waals surface area contributed by atoms with Gasteiger partial charge >= 0.3 is 0 Å². The van der Waals surface area contributed by atoms with Crippen molar-refractivity contribution in [3.05, 3.63) is 67.0 Å². The summed E-state index contributed by atoms with van der Waals surface area (Å²) in [6.45, 7) is 0. The molecule has 4 rings (SSSR count). The number of aromatic nitrogens is 2. The lowest BCUT2D eigenvalue weighted by Crippen LogP contribution is -1.93. The lowest BCUT2D eigenvalue weighted by molar-refractivity contribution is 0.476. The maximum Gasteiger partial charge on any atom is 0.117 e. The smallest absolute Gasteiger partial charge is 0.117 e. The monoisotopic (exact) mass is 260 g/mol. The number of fused-ring (bicyclic) bond motifs is 2. The predicted octanol–water partition coefficient (Wildman–Crippen LogP) is 3.88. The molecule has 0 aliphatic rings. The Kier molecular flexibility index (Phi) is 2.27. The van der Waals surface area contributed by atoms with Crippen molar-refractivity contribution in [1.82, 2.24) is 9.55 Å². The Morgan fingerprint density at radius 1 is 0.950 bits per heavy atom. The fourth-order valence-corrected chi connectivity index (χ4v) is 2.62. The molecule has 2 heterocycles. The zero-order chi connectivity index (χ0) is 13.5. The van der Waals surface area contributed by atoms with Gasteiger partial charge in [-0.25, -0.2) is 0 Å². The average molecular weight is 260 g/mol. The Labute approximate surface area is 115 Å². The molecular weight excluding hydrogens is 248 g/mol. The van der Waals surface area contributed by atoms with Crippen molar-refractivity contribution >= 4 is 21.8 Å². The summed E-state index contributed by atoms with van der Waals surface area (Å²) in [6.07, 6.45) is 3.82. The Morgan fingerprint density at radius 3 is 2.85 bits per heavy atom. The largest absolute Gasteiger partial charge is 0.508 e. The van der Waals surface area contributed by atoms with Crippen LogP contribution in [-0.4, -0.2) is 14.7 Å². The highest BCUT2D eigenvalue weighted by atomic mass is 16.3. The molecule has 0 fully saturated rings. The first-order valence-electron chi connectivity index (χ1n) is 6.47. The van der Waals surface area contributed by atoms with Gasteiger partial charge < -0.3 is 9.67 Å². The van der Waals surface area contributed by atoms with E-state index in [2.05, 4.69) is 21.7 Å². The summed E-state index contributed by atoms with van der Waals surface area (Å²) in [6, 6.07) is 17.5. The topological polar surface area (TPSA) is 38.0 Å². The van der Waals surface area contributed by atoms with E-state index < -0.39 is 0 Å². The number of hydrogen-bond donors (Lipinski definition) is 1. The fourth-order valence-electron chi connectivity index (χ4n) is 2.62. The van der Waals surface area contributed by atoms with E-state index in [4.69, 9.17) is 0 Å². The molecule has 4 aromatic rings. The highest BCUT2D eigenvalue weighted by molar-refractivity contribution is 5.91. The predicted molar refractivity (Wildman–Crippen MR) is 80.2 cm³/mol. The number of aromatic hydroxyl groups is 1. The van der Waals surface area contributed by atoms with Gasteiger partial charge in [0.15, 0.2) is 0 Å². The molecule has 0 bridgehead atoms. The van der Waals surface area contributed by atoms with Crippen LogP contribution in [-0.2, 0) is 0 Å². The van der Waals surface area contributed by atoms with Crippen LogP contribution < -0.4 is 0 Å². The van der Waals surface area contributed by atoms with Crippen LogP contribution in [0.4, 0.5) is 0 Å². The minimum atomic E-state index is 0.274. The normalized spacial score (nSPS) is 11.2. The van der Waals surface area contributed by atoms with Gasteiger partial charge in [-0.05, 0) is 42.5 Å². The van der Waals surface area contributed by atoms with E-state index in [1.165, 1.54) is 0 Å². The van der Waals surface area contributed by atoms with E-state index in [1.807, 2.05) is 36.5 Å². The van der Waals surface area contributed by atoms with Gasteiger partial charge in [-0.2, -0.15) is 0 Å². The van der Waals surface area contributed by atoms with E-state index in [9.17, 15) is 5.11 Å². The number of nitrogens with zero attached hydrogens (tertiary/aromatic N) is 2. The van der Waals surface area contributed by atoms with Crippen LogP contribution in [0, 0.1) is 0 Å². The van der Waals surface area contributed by atoms with Crippen LogP contribution in [0.2, 0.25) is 0 Å². The van der Waals surface area contributed by atoms with Crippen molar-refractivity contribution in [2.75, 3.05) is 0 Å². The molecule has 0 radical (unpaired) electrons. The summed E-state index contributed by atoms with van der Waals surface area (Å²) in [5.41, 5.74) is 3.02. The molecule has 0 saturated heterocycles. The molecule has 2 aromatic heterocycles. The molecule has 0 spiro atoms. The van der Waals surface area contributed by atoms with Crippen molar-refractivity contribution in [3.63, 3.8) is 0 Å². The second kappa shape index (κ2) is 4.10. The maximum atomic E-state index is 9.71. The third-order valence-corrected chi connectivity index (χ3v) is 3.56. The van der Waals surface area contributed by atoms with Crippen molar-refractivity contribution in [1.29, 1.82) is 0 Å². The Hall–Kier alpha value is -2.81. The quantitative estimate of drug-likeness (QED) is 0.564. The summed E-state index contributed by atoms with van der Waals surface area (Å²) in [5, 5.41) is 11.9. The number of hydrogen-bond acceptors (Lipinski definition) is 2. The van der Waals surface area contributed by atoms with Crippen molar-refractivity contribution in [2.45, 2.75) is 0 Å². The van der Waals surface area contributed by atoms with Gasteiger partial charge in [-0.1, -0.05) is 6.07 Å². The summed E-state index contributed by atoms with van der Waals surface area (Å²) < 4.78 is 2.08. The molecule has 2 aromatic carbocycles. The molecule has 1 N–H and O–H groups in total. The second-order valence-electron chi connectivity index (χ2n) is 4.78. The van der Waals surface area contributed by atoms with Gasteiger partial charge in [0, 0.05) is 29.2 Å². The van der Waals surface area contributed by atoms with E-state index in [1.54, 1.807) is 18.3 Å². The minimum Gasteiger partial charge on any atom is -0.508 e. The third kappa shape index (κ3) is 1.57. The van der Waals surface area contributed by atoms with E-state index in [0.29, 0.717) is 0 Å². The first kappa shape index (κ1) is 11.1. The molecule has 0 saturated carbocycles. The first-order chi connectivity index (χ1) is 9.83. The average Bonchev–Trinajstić information content (AvgIpc) is 2.89. The zero-order valence-corrected chi connectivity index (χ0v) is 10.7. The van der Waals surface area contributed by atoms with Gasteiger partial charge in [-0.3, -0.25) is 4.98 Å². The fraction of sp³-hybridized carbons (Fsp3) is 0. The van der Waals surface area contributed by atoms with Gasteiger partial charge in [-0.15, -0.1) is 0 Å². The van der Waals surface area contributed by atoms with Crippen molar-refractivity contribution in [2.24, 2.45) is 0 Å². The van der Waals surface area contributed by atoms with Crippen LogP contribution in [0.1, 0.15) is 0 Å². The SMILES string of the molecule is Oc1ccc2ccn(-c3cccc4ncccc34)c2c1. The second-order valence-corrected chi connectivity index (χ2v) is 4.78. The maximum absolute atomic E-state index is 9.71. The lowest BCUT2D eigenvalue weighted by atomic mass is 10.1. The van der Waals surface area contributed by atoms with Gasteiger partial charge in [0.2, 0.25) is 0 Å². The zero-order valence-electron chi connectivity index (χ0n) is 10.7. The van der Waals surface area contributed by atoms with Gasteiger partial charge in [0.1, 0.15) is 5.75 Å². The summed E-state index contributed by atoms with van der Waals surface area (Å²) in [7, 11) is 0. The molecule has 0 aliphatic heterocycles. The van der Waals surface area contributed by atoms with Crippen LogP contribution in [0.5, 0.6) is 5.75 Å². The number of phenols is 1. The molecule has 0 amide bonds. The Bertz CT molecular complexity index is 919. The van der Waals surface area contributed by atoms with E-state index in [0.717, 1.165) is 27.5 Å². The molecule has 3 heteroatoms. The van der Waals surface area contributed by atoms with Crippen molar-refractivity contribution < 1.29 is 5.11 Å². The highest BCUT2D eigenvalue weighted by Crippen LogP contribution is 2.27. The Balaban J connectivity index is 2.09. The summed E-state index contributed by atoms with van der Waals surface area (Å²) >= 11 is 0. The third-order valence-electron chi connectivity index (χ3n) is 3.56. The number of pyridine rings is 1. The van der Waals surface area contributed by atoms with Crippen LogP contribution in [0.25, 0.3) is 27.5 Å². The van der Waals surface area contributed by atoms with E-state index >= 15 is 0 Å². The van der Waals surface area contributed by atoms with Crippen LogP contribution >= 0.6 is 0 Å². The van der Waals surface area contributed by atoms with Gasteiger partial charge in [0.05, 0.1) is 16.7 Å². The standard InChI is InChI=1S/C17H12N2O/c20-13-7-6-12-8-10-19(17(12)11-13)16-5-1-4-15-14(16)3-2-9-18-15/h1-11,20H. The van der Waals surface area contributed by atoms with E-state index in [-0.39, 0.29) is 5.75 Å². The molecule has 0 unspecified atom stereocenters. The lowest BCUT2D eigenvalue weighted by Gasteiger charge is -2.09. The number of rotatable bonds is 1. The molecular formula is C17H12N2O. The highest BCUT2D eigenvalue weighted by Gasteiger charge is 2.07. The Morgan fingerprint density at radius 2 is 1.90 bits per heavy atom. The molecule has 0 atom stereocenters. The minimum absolute atomic E-state index is 0.274. The summed E-state index contributed by atoms with van der Waals surface area (Å²) in [4.78, 5) is 4.39.